The van der Waals surface area contributed by atoms with Crippen molar-refractivity contribution in [1.82, 2.24) is 25.0 Å². The molecule has 0 amide bonds. The number of anilines is 1. The number of aliphatic hydroxyl groups is 2. The molecule has 0 bridgehead atoms. The third-order valence-electron chi connectivity index (χ3n) is 2.95. The van der Waals surface area contributed by atoms with E-state index in [1.54, 1.807) is 0 Å². The van der Waals surface area contributed by atoms with Crippen LogP contribution in [0.5, 0.6) is 0 Å². The first-order chi connectivity index (χ1) is 8.70. The summed E-state index contributed by atoms with van der Waals surface area (Å²) in [5.74, 6) is 0.246. The highest BCUT2D eigenvalue weighted by Crippen LogP contribution is 2.30. The van der Waals surface area contributed by atoms with Crippen LogP contribution in [0.4, 0.5) is 5.82 Å². The Morgan fingerprint density at radius 3 is 3.06 bits per heavy atom. The standard InChI is InChI=1S/C9H12N6O3/c10-8-7-9(12-3-11-8)13-14-15(7)6-1-4(17)5(2-16)18-6/h3-6,16-17H,1-2H2,(H2,10,11,12)/t4-,5+,6+/m0/s1. The van der Waals surface area contributed by atoms with Gasteiger partial charge in [0.2, 0.25) is 5.65 Å². The van der Waals surface area contributed by atoms with Gasteiger partial charge in [-0.15, -0.1) is 5.10 Å². The Hall–Kier alpha value is -1.84. The lowest BCUT2D eigenvalue weighted by molar-refractivity contribution is -0.0474. The molecular weight excluding hydrogens is 240 g/mol. The van der Waals surface area contributed by atoms with Crippen molar-refractivity contribution in [3.63, 3.8) is 0 Å². The van der Waals surface area contributed by atoms with Crippen LogP contribution in [0.15, 0.2) is 6.33 Å². The fourth-order valence-corrected chi connectivity index (χ4v) is 2.04. The first-order valence-electron chi connectivity index (χ1n) is 5.46. The summed E-state index contributed by atoms with van der Waals surface area (Å²) in [4.78, 5) is 7.81. The molecular formula is C9H12N6O3. The van der Waals surface area contributed by atoms with E-state index < -0.39 is 18.4 Å². The maximum atomic E-state index is 9.69. The highest BCUT2D eigenvalue weighted by Gasteiger charge is 2.36. The van der Waals surface area contributed by atoms with Gasteiger partial charge in [0, 0.05) is 6.42 Å². The number of nitrogens with zero attached hydrogens (tertiary/aromatic N) is 5. The number of aromatic nitrogens is 5. The summed E-state index contributed by atoms with van der Waals surface area (Å²) in [6, 6.07) is 0. The number of aliphatic hydroxyl groups excluding tert-OH is 2. The van der Waals surface area contributed by atoms with Crippen molar-refractivity contribution < 1.29 is 14.9 Å². The fraction of sp³-hybridized carbons (Fsp3) is 0.556. The Balaban J connectivity index is 2.01. The quantitative estimate of drug-likeness (QED) is 0.584. The van der Waals surface area contributed by atoms with E-state index in [2.05, 4.69) is 20.3 Å². The molecule has 2 aromatic rings. The maximum Gasteiger partial charge on any atom is 0.207 e. The fourth-order valence-electron chi connectivity index (χ4n) is 2.04. The minimum absolute atomic E-state index is 0.246. The van der Waals surface area contributed by atoms with Crippen molar-refractivity contribution in [3.8, 4) is 0 Å². The van der Waals surface area contributed by atoms with E-state index in [1.165, 1.54) is 11.0 Å². The van der Waals surface area contributed by atoms with E-state index in [9.17, 15) is 5.11 Å². The zero-order chi connectivity index (χ0) is 12.7. The predicted molar refractivity (Wildman–Crippen MR) is 59.2 cm³/mol. The molecule has 3 atom stereocenters. The molecule has 1 aliphatic heterocycles. The summed E-state index contributed by atoms with van der Waals surface area (Å²) < 4.78 is 6.91. The lowest BCUT2D eigenvalue weighted by Gasteiger charge is -2.12. The van der Waals surface area contributed by atoms with Gasteiger partial charge in [-0.2, -0.15) is 0 Å². The summed E-state index contributed by atoms with van der Waals surface area (Å²) in [5, 5.41) is 26.5. The van der Waals surface area contributed by atoms with Gasteiger partial charge in [-0.3, -0.25) is 0 Å². The van der Waals surface area contributed by atoms with Crippen LogP contribution in [0, 0.1) is 0 Å². The second-order valence-electron chi connectivity index (χ2n) is 4.08. The van der Waals surface area contributed by atoms with E-state index in [0.717, 1.165) is 0 Å². The van der Waals surface area contributed by atoms with E-state index in [1.807, 2.05) is 0 Å². The Morgan fingerprint density at radius 2 is 2.33 bits per heavy atom. The molecule has 0 unspecified atom stereocenters. The monoisotopic (exact) mass is 252 g/mol. The van der Waals surface area contributed by atoms with Crippen molar-refractivity contribution in [2.45, 2.75) is 24.9 Å². The summed E-state index contributed by atoms with van der Waals surface area (Å²) >= 11 is 0. The van der Waals surface area contributed by atoms with Gasteiger partial charge < -0.3 is 20.7 Å². The van der Waals surface area contributed by atoms with Crippen LogP contribution in [0.1, 0.15) is 12.6 Å². The van der Waals surface area contributed by atoms with E-state index in [0.29, 0.717) is 17.6 Å². The van der Waals surface area contributed by atoms with Gasteiger partial charge in [0.1, 0.15) is 12.4 Å². The van der Waals surface area contributed by atoms with Crippen molar-refractivity contribution in [2.24, 2.45) is 0 Å². The highest BCUT2D eigenvalue weighted by atomic mass is 16.5. The van der Waals surface area contributed by atoms with Gasteiger partial charge in [0.15, 0.2) is 17.6 Å². The number of fused-ring (bicyclic) bond motifs is 1. The lowest BCUT2D eigenvalue weighted by Crippen LogP contribution is -2.24. The van der Waals surface area contributed by atoms with Crippen LogP contribution in [0.2, 0.25) is 0 Å². The van der Waals surface area contributed by atoms with Crippen LogP contribution in [-0.4, -0.2) is 54.0 Å². The molecule has 4 N–H and O–H groups in total. The van der Waals surface area contributed by atoms with Crippen molar-refractivity contribution >= 4 is 17.0 Å². The molecule has 1 saturated heterocycles. The van der Waals surface area contributed by atoms with Gasteiger partial charge in [0.05, 0.1) is 12.7 Å². The van der Waals surface area contributed by atoms with Crippen LogP contribution in [0.25, 0.3) is 11.2 Å². The Bertz CT molecular complexity index is 572. The molecule has 0 aromatic carbocycles. The van der Waals surface area contributed by atoms with Gasteiger partial charge in [-0.25, -0.2) is 14.6 Å². The maximum absolute atomic E-state index is 9.69. The molecule has 9 heteroatoms. The summed E-state index contributed by atoms with van der Waals surface area (Å²) in [5.41, 5.74) is 6.59. The molecule has 2 aromatic heterocycles. The minimum atomic E-state index is -0.745. The van der Waals surface area contributed by atoms with Gasteiger partial charge in [-0.1, -0.05) is 5.21 Å². The zero-order valence-electron chi connectivity index (χ0n) is 9.34. The SMILES string of the molecule is Nc1ncnc2nnn([C@H]3C[C@H](O)[C@@H](CO)O3)c12. The molecule has 96 valence electrons. The number of rotatable bonds is 2. The lowest BCUT2D eigenvalue weighted by atomic mass is 10.2. The molecule has 0 saturated carbocycles. The van der Waals surface area contributed by atoms with E-state index in [-0.39, 0.29) is 12.4 Å². The molecule has 1 fully saturated rings. The molecule has 0 spiro atoms. The van der Waals surface area contributed by atoms with Crippen molar-refractivity contribution in [2.75, 3.05) is 12.3 Å². The van der Waals surface area contributed by atoms with Crippen LogP contribution in [0.3, 0.4) is 0 Å². The Morgan fingerprint density at radius 1 is 1.50 bits per heavy atom. The van der Waals surface area contributed by atoms with Gasteiger partial charge in [0.25, 0.3) is 0 Å². The molecule has 0 aliphatic carbocycles. The molecule has 3 rings (SSSR count). The number of hydrogen-bond donors (Lipinski definition) is 3. The topological polar surface area (TPSA) is 132 Å². The zero-order valence-corrected chi connectivity index (χ0v) is 9.34. The molecule has 1 aliphatic rings. The van der Waals surface area contributed by atoms with Gasteiger partial charge >= 0.3 is 0 Å². The largest absolute Gasteiger partial charge is 0.394 e. The average Bonchev–Trinajstić information content (AvgIpc) is 2.93. The second-order valence-corrected chi connectivity index (χ2v) is 4.08. The van der Waals surface area contributed by atoms with Crippen LogP contribution in [-0.2, 0) is 4.74 Å². The molecule has 9 nitrogen and oxygen atoms in total. The molecule has 0 radical (unpaired) electrons. The average molecular weight is 252 g/mol. The summed E-state index contributed by atoms with van der Waals surface area (Å²) in [6.45, 7) is -0.254. The normalized spacial score (nSPS) is 28.0. The van der Waals surface area contributed by atoms with Crippen LogP contribution < -0.4 is 5.73 Å². The van der Waals surface area contributed by atoms with E-state index >= 15 is 0 Å². The smallest absolute Gasteiger partial charge is 0.207 e. The molecule has 3 heterocycles. The third-order valence-corrected chi connectivity index (χ3v) is 2.95. The number of hydrogen-bond acceptors (Lipinski definition) is 8. The van der Waals surface area contributed by atoms with E-state index in [4.69, 9.17) is 15.6 Å². The van der Waals surface area contributed by atoms with Gasteiger partial charge in [-0.05, 0) is 0 Å². The summed E-state index contributed by atoms with van der Waals surface area (Å²) in [6.07, 6.45) is -0.295. The Labute approximate surface area is 101 Å². The minimum Gasteiger partial charge on any atom is -0.394 e. The number of ether oxygens (including phenoxy) is 1. The predicted octanol–water partition coefficient (Wildman–Crippen LogP) is -1.56. The first-order valence-corrected chi connectivity index (χ1v) is 5.46. The Kier molecular flexibility index (Phi) is 2.58. The number of nitrogens with two attached hydrogens (primary N) is 1. The number of nitrogen functional groups attached to an aromatic ring is 1. The van der Waals surface area contributed by atoms with Crippen molar-refractivity contribution in [1.29, 1.82) is 0 Å². The molecule has 18 heavy (non-hydrogen) atoms. The first kappa shape index (κ1) is 11.3. The summed E-state index contributed by atoms with van der Waals surface area (Å²) in [7, 11) is 0. The third kappa shape index (κ3) is 1.60. The van der Waals surface area contributed by atoms with Crippen molar-refractivity contribution in [3.05, 3.63) is 6.33 Å². The highest BCUT2D eigenvalue weighted by molar-refractivity contribution is 5.80. The second kappa shape index (κ2) is 4.12. The van der Waals surface area contributed by atoms with Crippen LogP contribution >= 0.6 is 0 Å².